The number of hydrogen-bond donors (Lipinski definition) is 2. The van der Waals surface area contributed by atoms with E-state index in [-0.39, 0.29) is 5.91 Å². The van der Waals surface area contributed by atoms with Crippen LogP contribution in [0.3, 0.4) is 0 Å². The van der Waals surface area contributed by atoms with Crippen LogP contribution in [0.15, 0.2) is 42.5 Å². The first kappa shape index (κ1) is 18.6. The number of methoxy groups -OCH3 is 3. The SMILES string of the molecule is COc1ccc(OC)c(NC(=O)CCNCc2ccccc2OC)c1. The molecule has 1 amide bonds. The van der Waals surface area contributed by atoms with Crippen LogP contribution in [0.25, 0.3) is 0 Å². The molecule has 25 heavy (non-hydrogen) atoms. The molecule has 134 valence electrons. The van der Waals surface area contributed by atoms with Crippen molar-refractivity contribution in [2.45, 2.75) is 13.0 Å². The molecule has 2 aromatic carbocycles. The second kappa shape index (κ2) is 9.54. The summed E-state index contributed by atoms with van der Waals surface area (Å²) in [5.41, 5.74) is 1.65. The zero-order chi connectivity index (χ0) is 18.1. The highest BCUT2D eigenvalue weighted by molar-refractivity contribution is 5.92. The summed E-state index contributed by atoms with van der Waals surface area (Å²) in [4.78, 5) is 12.1. The van der Waals surface area contributed by atoms with Crippen molar-refractivity contribution in [2.24, 2.45) is 0 Å². The minimum absolute atomic E-state index is 0.0981. The Bertz CT molecular complexity index is 704. The van der Waals surface area contributed by atoms with Crippen LogP contribution in [0.4, 0.5) is 5.69 Å². The molecule has 2 N–H and O–H groups in total. The molecule has 0 aliphatic heterocycles. The first-order chi connectivity index (χ1) is 12.2. The maximum atomic E-state index is 12.1. The van der Waals surface area contributed by atoms with Crippen LogP contribution in [-0.4, -0.2) is 33.8 Å². The number of ether oxygens (including phenoxy) is 3. The largest absolute Gasteiger partial charge is 0.497 e. The first-order valence-corrected chi connectivity index (χ1v) is 8.02. The molecule has 0 unspecified atom stereocenters. The van der Waals surface area contributed by atoms with Gasteiger partial charge in [0.05, 0.1) is 27.0 Å². The average Bonchev–Trinajstić information content (AvgIpc) is 2.65. The van der Waals surface area contributed by atoms with Crippen LogP contribution in [0.2, 0.25) is 0 Å². The van der Waals surface area contributed by atoms with Crippen LogP contribution in [0, 0.1) is 0 Å². The van der Waals surface area contributed by atoms with Gasteiger partial charge >= 0.3 is 0 Å². The number of carbonyl (C=O) groups excluding carboxylic acids is 1. The lowest BCUT2D eigenvalue weighted by molar-refractivity contribution is -0.116. The fourth-order valence-electron chi connectivity index (χ4n) is 2.40. The Hall–Kier alpha value is -2.73. The number of anilines is 1. The van der Waals surface area contributed by atoms with Gasteiger partial charge in [0.25, 0.3) is 0 Å². The van der Waals surface area contributed by atoms with E-state index in [1.807, 2.05) is 24.3 Å². The Morgan fingerprint density at radius 1 is 0.960 bits per heavy atom. The van der Waals surface area contributed by atoms with Crippen molar-refractivity contribution in [3.05, 3.63) is 48.0 Å². The zero-order valence-electron chi connectivity index (χ0n) is 14.8. The first-order valence-electron chi connectivity index (χ1n) is 8.02. The standard InChI is InChI=1S/C19H24N2O4/c1-23-15-8-9-18(25-3)16(12-15)21-19(22)10-11-20-13-14-6-4-5-7-17(14)24-2/h4-9,12,20H,10-11,13H2,1-3H3,(H,21,22). The molecule has 0 saturated heterocycles. The summed E-state index contributed by atoms with van der Waals surface area (Å²) in [6.07, 6.45) is 0.343. The third-order valence-corrected chi connectivity index (χ3v) is 3.72. The fraction of sp³-hybridized carbons (Fsp3) is 0.316. The van der Waals surface area contributed by atoms with E-state index in [0.717, 1.165) is 11.3 Å². The Morgan fingerprint density at radius 3 is 2.44 bits per heavy atom. The van der Waals surface area contributed by atoms with Gasteiger partial charge in [-0.3, -0.25) is 4.79 Å². The lowest BCUT2D eigenvalue weighted by atomic mass is 10.2. The Kier molecular flexibility index (Phi) is 7.10. The van der Waals surface area contributed by atoms with Gasteiger partial charge in [0.2, 0.25) is 5.91 Å². The van der Waals surface area contributed by atoms with Gasteiger partial charge in [-0.2, -0.15) is 0 Å². The third kappa shape index (κ3) is 5.39. The van der Waals surface area contributed by atoms with Crippen LogP contribution >= 0.6 is 0 Å². The number of amides is 1. The second-order valence-corrected chi connectivity index (χ2v) is 5.35. The summed E-state index contributed by atoms with van der Waals surface area (Å²) in [7, 11) is 4.79. The molecule has 0 fully saturated rings. The van der Waals surface area contributed by atoms with Crippen LogP contribution < -0.4 is 24.8 Å². The van der Waals surface area contributed by atoms with E-state index in [4.69, 9.17) is 14.2 Å². The fourth-order valence-corrected chi connectivity index (χ4v) is 2.40. The van der Waals surface area contributed by atoms with Crippen LogP contribution in [-0.2, 0) is 11.3 Å². The van der Waals surface area contributed by atoms with Crippen molar-refractivity contribution >= 4 is 11.6 Å². The monoisotopic (exact) mass is 344 g/mol. The molecular formula is C19H24N2O4. The number of para-hydroxylation sites is 1. The summed E-state index contributed by atoms with van der Waals surface area (Å²) < 4.78 is 15.7. The molecule has 0 radical (unpaired) electrons. The van der Waals surface area contributed by atoms with Crippen LogP contribution in [0.5, 0.6) is 17.2 Å². The highest BCUT2D eigenvalue weighted by Gasteiger charge is 2.09. The highest BCUT2D eigenvalue weighted by Crippen LogP contribution is 2.28. The van der Waals surface area contributed by atoms with E-state index in [9.17, 15) is 4.79 Å². The summed E-state index contributed by atoms with van der Waals surface area (Å²) in [5.74, 6) is 1.99. The van der Waals surface area contributed by atoms with Gasteiger partial charge in [0.15, 0.2) is 0 Å². The van der Waals surface area contributed by atoms with E-state index in [1.54, 1.807) is 39.5 Å². The summed E-state index contributed by atoms with van der Waals surface area (Å²) in [6.45, 7) is 1.19. The maximum absolute atomic E-state index is 12.1. The van der Waals surface area contributed by atoms with Gasteiger partial charge in [0.1, 0.15) is 17.2 Å². The van der Waals surface area contributed by atoms with E-state index in [0.29, 0.717) is 36.7 Å². The summed E-state index contributed by atoms with van der Waals surface area (Å²) in [5, 5.41) is 6.10. The Balaban J connectivity index is 1.83. The molecule has 0 aromatic heterocycles. The van der Waals surface area contributed by atoms with Crippen molar-refractivity contribution in [3.63, 3.8) is 0 Å². The van der Waals surface area contributed by atoms with Crippen molar-refractivity contribution in [3.8, 4) is 17.2 Å². The lowest BCUT2D eigenvalue weighted by Gasteiger charge is -2.12. The number of rotatable bonds is 9. The van der Waals surface area contributed by atoms with Crippen molar-refractivity contribution in [1.82, 2.24) is 5.32 Å². The van der Waals surface area contributed by atoms with E-state index >= 15 is 0 Å². The molecule has 0 saturated carbocycles. The average molecular weight is 344 g/mol. The molecule has 6 nitrogen and oxygen atoms in total. The normalized spacial score (nSPS) is 10.2. The van der Waals surface area contributed by atoms with Gasteiger partial charge in [-0.05, 0) is 18.2 Å². The smallest absolute Gasteiger partial charge is 0.225 e. The Morgan fingerprint density at radius 2 is 1.72 bits per heavy atom. The molecular weight excluding hydrogens is 320 g/mol. The number of hydrogen-bond acceptors (Lipinski definition) is 5. The van der Waals surface area contributed by atoms with E-state index < -0.39 is 0 Å². The van der Waals surface area contributed by atoms with E-state index in [1.165, 1.54) is 0 Å². The van der Waals surface area contributed by atoms with Gasteiger partial charge in [0, 0.05) is 31.1 Å². The van der Waals surface area contributed by atoms with Crippen molar-refractivity contribution in [1.29, 1.82) is 0 Å². The minimum Gasteiger partial charge on any atom is -0.497 e. The Labute approximate surface area is 148 Å². The number of nitrogens with one attached hydrogen (secondary N) is 2. The predicted molar refractivity (Wildman–Crippen MR) is 97.5 cm³/mol. The summed E-state index contributed by atoms with van der Waals surface area (Å²) >= 11 is 0. The van der Waals surface area contributed by atoms with Gasteiger partial charge in [-0.15, -0.1) is 0 Å². The zero-order valence-corrected chi connectivity index (χ0v) is 14.8. The molecule has 0 heterocycles. The second-order valence-electron chi connectivity index (χ2n) is 5.35. The number of carbonyl (C=O) groups is 1. The number of benzene rings is 2. The van der Waals surface area contributed by atoms with Gasteiger partial charge in [-0.25, -0.2) is 0 Å². The van der Waals surface area contributed by atoms with Crippen LogP contribution in [0.1, 0.15) is 12.0 Å². The molecule has 0 aliphatic carbocycles. The molecule has 6 heteroatoms. The summed E-state index contributed by atoms with van der Waals surface area (Å²) in [6, 6.07) is 13.1. The quantitative estimate of drug-likeness (QED) is 0.685. The predicted octanol–water partition coefficient (Wildman–Crippen LogP) is 2.83. The van der Waals surface area contributed by atoms with E-state index in [2.05, 4.69) is 10.6 Å². The molecule has 0 spiro atoms. The molecule has 0 aliphatic rings. The van der Waals surface area contributed by atoms with Crippen molar-refractivity contribution in [2.75, 3.05) is 33.2 Å². The molecule has 0 bridgehead atoms. The van der Waals surface area contributed by atoms with Gasteiger partial charge in [-0.1, -0.05) is 18.2 Å². The molecule has 0 atom stereocenters. The topological polar surface area (TPSA) is 68.8 Å². The third-order valence-electron chi connectivity index (χ3n) is 3.72. The molecule has 2 aromatic rings. The molecule has 2 rings (SSSR count). The highest BCUT2D eigenvalue weighted by atomic mass is 16.5. The minimum atomic E-state index is -0.0981. The van der Waals surface area contributed by atoms with Crippen molar-refractivity contribution < 1.29 is 19.0 Å². The maximum Gasteiger partial charge on any atom is 0.225 e. The van der Waals surface area contributed by atoms with Gasteiger partial charge < -0.3 is 24.8 Å². The lowest BCUT2D eigenvalue weighted by Crippen LogP contribution is -2.22.